The molecular formula is C21H30F3N3O6S. The van der Waals surface area contributed by atoms with Gasteiger partial charge in [-0.25, -0.2) is 12.7 Å². The summed E-state index contributed by atoms with van der Waals surface area (Å²) in [6.07, 6.45) is -6.10. The molecule has 0 fully saturated rings. The van der Waals surface area contributed by atoms with Crippen LogP contribution in [-0.4, -0.2) is 85.9 Å². The highest BCUT2D eigenvalue weighted by atomic mass is 32.2. The largest absolute Gasteiger partial charge is 0.488 e. The average molecular weight is 510 g/mol. The molecule has 3 atom stereocenters. The Labute approximate surface area is 196 Å². The van der Waals surface area contributed by atoms with Crippen LogP contribution in [0.2, 0.25) is 0 Å². The first-order valence-corrected chi connectivity index (χ1v) is 12.5. The van der Waals surface area contributed by atoms with Gasteiger partial charge >= 0.3 is 6.18 Å². The molecule has 1 aliphatic heterocycles. The lowest BCUT2D eigenvalue weighted by Crippen LogP contribution is -2.50. The molecule has 0 unspecified atom stereocenters. The number of rotatable bonds is 8. The van der Waals surface area contributed by atoms with E-state index in [-0.39, 0.29) is 42.6 Å². The molecule has 1 aliphatic rings. The van der Waals surface area contributed by atoms with Crippen molar-refractivity contribution in [2.24, 2.45) is 5.92 Å². The van der Waals surface area contributed by atoms with E-state index in [0.717, 1.165) is 10.6 Å². The molecule has 2 rings (SSSR count). The second kappa shape index (κ2) is 10.9. The maximum absolute atomic E-state index is 13.3. The van der Waals surface area contributed by atoms with Gasteiger partial charge in [-0.2, -0.15) is 13.2 Å². The number of hydrogen-bond acceptors (Lipinski definition) is 6. The van der Waals surface area contributed by atoms with E-state index in [1.807, 2.05) is 0 Å². The quantitative estimate of drug-likeness (QED) is 0.554. The van der Waals surface area contributed by atoms with Gasteiger partial charge in [-0.05, 0) is 25.1 Å². The van der Waals surface area contributed by atoms with Crippen LogP contribution in [0.5, 0.6) is 5.75 Å². The number of aliphatic hydroxyl groups excluding tert-OH is 1. The number of hydrogen-bond donors (Lipinski definition) is 2. The standard InChI is InChI=1S/C21H30F3N3O6S/c1-13-10-27(14(2)12-28)20(30)16-9-15(25-19(29)7-8-21(22,23)24)5-6-17(16)33-18(13)11-26(3)34(4,31)32/h5-6,9,13-14,18,28H,7-8,10-12H2,1-4H3,(H,25,29)/t13-,14-,18+/m0/s1. The first-order valence-electron chi connectivity index (χ1n) is 10.6. The topological polar surface area (TPSA) is 116 Å². The van der Waals surface area contributed by atoms with E-state index in [9.17, 15) is 36.3 Å². The van der Waals surface area contributed by atoms with E-state index in [1.54, 1.807) is 13.8 Å². The second-order valence-corrected chi connectivity index (χ2v) is 10.6. The van der Waals surface area contributed by atoms with Crippen molar-refractivity contribution in [1.82, 2.24) is 9.21 Å². The van der Waals surface area contributed by atoms with E-state index < -0.39 is 53.0 Å². The molecule has 0 bridgehead atoms. The maximum atomic E-state index is 13.3. The molecule has 0 saturated carbocycles. The van der Waals surface area contributed by atoms with Crippen molar-refractivity contribution < 1.29 is 41.0 Å². The summed E-state index contributed by atoms with van der Waals surface area (Å²) >= 11 is 0. The number of sulfonamides is 1. The number of nitrogens with zero attached hydrogens (tertiary/aromatic N) is 2. The number of alkyl halides is 3. The van der Waals surface area contributed by atoms with Gasteiger partial charge in [0.2, 0.25) is 15.9 Å². The summed E-state index contributed by atoms with van der Waals surface area (Å²) < 4.78 is 68.1. The fraction of sp³-hybridized carbons (Fsp3) is 0.619. The number of amides is 2. The minimum absolute atomic E-state index is 0.00487. The molecule has 1 aromatic carbocycles. The average Bonchev–Trinajstić information content (AvgIpc) is 2.73. The highest BCUT2D eigenvalue weighted by Crippen LogP contribution is 2.31. The number of ether oxygens (including phenoxy) is 1. The summed E-state index contributed by atoms with van der Waals surface area (Å²) in [5.74, 6) is -1.54. The van der Waals surface area contributed by atoms with Gasteiger partial charge < -0.3 is 20.1 Å². The summed E-state index contributed by atoms with van der Waals surface area (Å²) in [6.45, 7) is 3.28. The van der Waals surface area contributed by atoms with Crippen LogP contribution in [-0.2, 0) is 14.8 Å². The summed E-state index contributed by atoms with van der Waals surface area (Å²) in [4.78, 5) is 26.6. The van der Waals surface area contributed by atoms with Gasteiger partial charge in [-0.3, -0.25) is 9.59 Å². The minimum atomic E-state index is -4.47. The third-order valence-electron chi connectivity index (χ3n) is 5.59. The number of fused-ring (bicyclic) bond motifs is 1. The number of aliphatic hydroxyl groups is 1. The molecule has 1 heterocycles. The normalized spacial score (nSPS) is 20.3. The molecule has 13 heteroatoms. The Bertz CT molecular complexity index is 1000. The van der Waals surface area contributed by atoms with Crippen molar-refractivity contribution in [2.75, 3.05) is 38.3 Å². The molecule has 0 aromatic heterocycles. The van der Waals surface area contributed by atoms with Gasteiger partial charge in [0, 0.05) is 31.6 Å². The van der Waals surface area contributed by atoms with Gasteiger partial charge in [-0.15, -0.1) is 0 Å². The Morgan fingerprint density at radius 3 is 2.59 bits per heavy atom. The van der Waals surface area contributed by atoms with Crippen LogP contribution in [0.4, 0.5) is 18.9 Å². The zero-order valence-corrected chi connectivity index (χ0v) is 20.2. The summed E-state index contributed by atoms with van der Waals surface area (Å²) in [5, 5.41) is 12.0. The molecule has 2 amide bonds. The van der Waals surface area contributed by atoms with Crippen LogP contribution in [0.15, 0.2) is 18.2 Å². The lowest BCUT2D eigenvalue weighted by molar-refractivity contribution is -0.142. The Balaban J connectivity index is 2.39. The summed E-state index contributed by atoms with van der Waals surface area (Å²) in [7, 11) is -2.09. The Morgan fingerprint density at radius 1 is 1.38 bits per heavy atom. The minimum Gasteiger partial charge on any atom is -0.488 e. The molecular weight excluding hydrogens is 479 g/mol. The van der Waals surface area contributed by atoms with Gasteiger partial charge in [0.05, 0.1) is 37.4 Å². The zero-order valence-electron chi connectivity index (χ0n) is 19.4. The van der Waals surface area contributed by atoms with Crippen molar-refractivity contribution in [2.45, 2.75) is 45.0 Å². The highest BCUT2D eigenvalue weighted by Gasteiger charge is 2.34. The third kappa shape index (κ3) is 7.57. The number of carbonyl (C=O) groups excluding carboxylic acids is 2. The predicted molar refractivity (Wildman–Crippen MR) is 119 cm³/mol. The lowest BCUT2D eigenvalue weighted by Gasteiger charge is -2.38. The predicted octanol–water partition coefficient (Wildman–Crippen LogP) is 2.08. The van der Waals surface area contributed by atoms with Crippen molar-refractivity contribution in [3.63, 3.8) is 0 Å². The van der Waals surface area contributed by atoms with Crippen molar-refractivity contribution in [3.05, 3.63) is 23.8 Å². The number of likely N-dealkylation sites (N-methyl/N-ethyl adjacent to an activating group) is 1. The Hall–Kier alpha value is -2.38. The van der Waals surface area contributed by atoms with Crippen molar-refractivity contribution in [3.8, 4) is 5.75 Å². The van der Waals surface area contributed by atoms with E-state index in [0.29, 0.717) is 0 Å². The van der Waals surface area contributed by atoms with Gasteiger partial charge in [0.15, 0.2) is 0 Å². The monoisotopic (exact) mass is 509 g/mol. The van der Waals surface area contributed by atoms with E-state index in [1.165, 1.54) is 30.1 Å². The zero-order chi connectivity index (χ0) is 25.8. The van der Waals surface area contributed by atoms with Gasteiger partial charge in [-0.1, -0.05) is 6.92 Å². The first-order chi connectivity index (χ1) is 15.6. The van der Waals surface area contributed by atoms with Crippen LogP contribution >= 0.6 is 0 Å². The molecule has 0 aliphatic carbocycles. The second-order valence-electron chi connectivity index (χ2n) is 8.54. The molecule has 0 spiro atoms. The molecule has 9 nitrogen and oxygen atoms in total. The Morgan fingerprint density at radius 2 is 2.03 bits per heavy atom. The van der Waals surface area contributed by atoms with Crippen LogP contribution in [0.1, 0.15) is 37.0 Å². The Kier molecular flexibility index (Phi) is 8.94. The van der Waals surface area contributed by atoms with Crippen LogP contribution in [0.3, 0.4) is 0 Å². The van der Waals surface area contributed by atoms with Gasteiger partial charge in [0.25, 0.3) is 5.91 Å². The van der Waals surface area contributed by atoms with Crippen molar-refractivity contribution in [1.29, 1.82) is 0 Å². The maximum Gasteiger partial charge on any atom is 0.389 e. The van der Waals surface area contributed by atoms with Crippen LogP contribution < -0.4 is 10.1 Å². The van der Waals surface area contributed by atoms with E-state index in [2.05, 4.69) is 5.32 Å². The fourth-order valence-corrected chi connectivity index (χ4v) is 3.80. The number of carbonyl (C=O) groups is 2. The number of anilines is 1. The fourth-order valence-electron chi connectivity index (χ4n) is 3.39. The molecule has 0 radical (unpaired) electrons. The summed E-state index contributed by atoms with van der Waals surface area (Å²) in [5.41, 5.74) is 0.144. The highest BCUT2D eigenvalue weighted by molar-refractivity contribution is 7.88. The number of benzene rings is 1. The molecule has 2 N–H and O–H groups in total. The molecule has 1 aromatic rings. The van der Waals surface area contributed by atoms with E-state index in [4.69, 9.17) is 4.74 Å². The number of halogens is 3. The lowest BCUT2D eigenvalue weighted by atomic mass is 9.99. The molecule has 34 heavy (non-hydrogen) atoms. The number of nitrogens with one attached hydrogen (secondary N) is 1. The first kappa shape index (κ1) is 27.9. The SMILES string of the molecule is C[C@H]1CN([C@@H](C)CO)C(=O)c2cc(NC(=O)CCC(F)(F)F)ccc2O[C@@H]1CN(C)S(C)(=O)=O. The molecule has 192 valence electrons. The smallest absolute Gasteiger partial charge is 0.389 e. The van der Waals surface area contributed by atoms with E-state index >= 15 is 0 Å². The molecule has 0 saturated heterocycles. The van der Waals surface area contributed by atoms with Crippen LogP contribution in [0, 0.1) is 5.92 Å². The third-order valence-corrected chi connectivity index (χ3v) is 6.87. The van der Waals surface area contributed by atoms with Crippen LogP contribution in [0.25, 0.3) is 0 Å². The van der Waals surface area contributed by atoms with Gasteiger partial charge in [0.1, 0.15) is 11.9 Å². The summed E-state index contributed by atoms with van der Waals surface area (Å²) in [6, 6.07) is 3.52. The van der Waals surface area contributed by atoms with Crippen molar-refractivity contribution >= 4 is 27.5 Å².